The van der Waals surface area contributed by atoms with E-state index in [9.17, 15) is 14.4 Å². The molecule has 0 aromatic carbocycles. The molecule has 28 heavy (non-hydrogen) atoms. The van der Waals surface area contributed by atoms with E-state index in [1.54, 1.807) is 18.2 Å². The third kappa shape index (κ3) is 10.2. The molecule has 0 rings (SSSR count). The van der Waals surface area contributed by atoms with Crippen LogP contribution in [0.3, 0.4) is 0 Å². The van der Waals surface area contributed by atoms with Gasteiger partial charge in [0, 0.05) is 0 Å². The Morgan fingerprint density at radius 1 is 1.14 bits per heavy atom. The van der Waals surface area contributed by atoms with E-state index < -0.39 is 17.9 Å². The van der Waals surface area contributed by atoms with Gasteiger partial charge in [-0.05, 0) is 0 Å². The molecule has 0 heterocycles. The van der Waals surface area contributed by atoms with Crippen LogP contribution in [-0.2, 0) is 9.47 Å². The van der Waals surface area contributed by atoms with Crippen LogP contribution in [0.1, 0.15) is 13.3 Å². The van der Waals surface area contributed by atoms with E-state index in [4.69, 9.17) is 9.47 Å². The van der Waals surface area contributed by atoms with Gasteiger partial charge in [0.25, 0.3) is 0 Å². The second-order valence-electron chi connectivity index (χ2n) is 5.35. The molecule has 0 unspecified atom stereocenters. The van der Waals surface area contributed by atoms with Gasteiger partial charge in [0.1, 0.15) is 0 Å². The molecule has 0 bridgehead atoms. The number of imide groups is 1. The summed E-state index contributed by atoms with van der Waals surface area (Å²) in [6.45, 7) is 17.3. The van der Waals surface area contributed by atoms with Crippen molar-refractivity contribution >= 4 is 31.3 Å². The predicted molar refractivity (Wildman–Crippen MR) is 111 cm³/mol. The molecule has 4 amide bonds. The number of hydrogen-bond acceptors (Lipinski definition) is 5. The van der Waals surface area contributed by atoms with Crippen LogP contribution in [-0.4, -0.2) is 74.0 Å². The summed E-state index contributed by atoms with van der Waals surface area (Å²) >= 11 is 0. The molecule has 1 N–H and O–H groups in total. The Hall–Kier alpha value is -3.10. The molecule has 0 fully saturated rings. The maximum absolute atomic E-state index is 12.9. The SMILES string of the molecule is C=BC(=O)OCCN(C(=O)NC=C)C(=O)N(C/C=C/C)CCOC(=C)CC=C. The Balaban J connectivity index is 5.13. The van der Waals surface area contributed by atoms with E-state index in [0.29, 0.717) is 12.2 Å². The van der Waals surface area contributed by atoms with Crippen LogP contribution in [0.5, 0.6) is 0 Å². The Labute approximate surface area is 167 Å². The van der Waals surface area contributed by atoms with Gasteiger partial charge in [-0.3, -0.25) is 0 Å². The molecule has 0 aliphatic carbocycles. The van der Waals surface area contributed by atoms with Crippen LogP contribution in [0.4, 0.5) is 14.4 Å². The number of carbonyl (C=O) groups excluding carboxylic acids is 3. The fourth-order valence-electron chi connectivity index (χ4n) is 1.93. The first kappa shape index (κ1) is 24.9. The number of carbonyl (C=O) groups is 3. The van der Waals surface area contributed by atoms with Gasteiger partial charge < -0.3 is 0 Å². The minimum atomic E-state index is -0.683. The Bertz CT molecular complexity index is 619. The van der Waals surface area contributed by atoms with Gasteiger partial charge in [-0.1, -0.05) is 6.08 Å². The van der Waals surface area contributed by atoms with Gasteiger partial charge in [-0.25, -0.2) is 0 Å². The fourth-order valence-corrected chi connectivity index (χ4v) is 1.93. The molecule has 0 saturated heterocycles. The van der Waals surface area contributed by atoms with Crippen molar-refractivity contribution in [3.63, 3.8) is 0 Å². The second kappa shape index (κ2) is 15.0. The average molecular weight is 389 g/mol. The van der Waals surface area contributed by atoms with Crippen LogP contribution in [0, 0.1) is 0 Å². The van der Waals surface area contributed by atoms with Crippen LogP contribution < -0.4 is 5.32 Å². The predicted octanol–water partition coefficient (Wildman–Crippen LogP) is 2.52. The van der Waals surface area contributed by atoms with Crippen LogP contribution >= 0.6 is 0 Å². The first-order valence-corrected chi connectivity index (χ1v) is 8.70. The summed E-state index contributed by atoms with van der Waals surface area (Å²) < 4.78 is 10.3. The molecule has 0 aromatic heterocycles. The van der Waals surface area contributed by atoms with E-state index >= 15 is 0 Å². The Morgan fingerprint density at radius 2 is 1.82 bits per heavy atom. The van der Waals surface area contributed by atoms with Crippen molar-refractivity contribution in [3.8, 4) is 0 Å². The molecule has 0 radical (unpaired) electrons. The first-order chi connectivity index (χ1) is 13.4. The van der Waals surface area contributed by atoms with Crippen molar-refractivity contribution in [2.75, 3.05) is 32.8 Å². The molecular weight excluding hydrogens is 361 g/mol. The zero-order valence-corrected chi connectivity index (χ0v) is 16.4. The third-order valence-electron chi connectivity index (χ3n) is 3.30. The van der Waals surface area contributed by atoms with Crippen molar-refractivity contribution in [3.05, 3.63) is 49.9 Å². The van der Waals surface area contributed by atoms with E-state index in [-0.39, 0.29) is 32.8 Å². The quantitative estimate of drug-likeness (QED) is 0.297. The van der Waals surface area contributed by atoms with Gasteiger partial charge in [0.05, 0.1) is 0 Å². The van der Waals surface area contributed by atoms with Crippen molar-refractivity contribution in [1.29, 1.82) is 0 Å². The molecule has 0 aromatic rings. The van der Waals surface area contributed by atoms with E-state index in [1.807, 2.05) is 6.92 Å². The average Bonchev–Trinajstić information content (AvgIpc) is 2.67. The monoisotopic (exact) mass is 389 g/mol. The normalized spacial score (nSPS) is 9.75. The smallest absolute Gasteiger partial charge is 0.103 e. The summed E-state index contributed by atoms with van der Waals surface area (Å²) in [5.74, 6) is -0.109. The zero-order valence-electron chi connectivity index (χ0n) is 16.4. The Kier molecular flexibility index (Phi) is 13.4. The number of ether oxygens (including phenoxy) is 2. The first-order valence-electron chi connectivity index (χ1n) is 8.70. The number of rotatable bonds is 13. The second-order valence-corrected chi connectivity index (χ2v) is 5.35. The third-order valence-corrected chi connectivity index (χ3v) is 3.30. The summed E-state index contributed by atoms with van der Waals surface area (Å²) in [4.78, 5) is 38.7. The fraction of sp³-hybridized carbons (Fsp3) is 0.368. The summed E-state index contributed by atoms with van der Waals surface area (Å²) in [7, 11) is 0. The van der Waals surface area contributed by atoms with E-state index in [2.05, 4.69) is 31.5 Å². The summed E-state index contributed by atoms with van der Waals surface area (Å²) in [5.41, 5.74) is 0. The number of nitrogens with one attached hydrogen (secondary N) is 1. The molecule has 152 valence electrons. The number of allylic oxidation sites excluding steroid dienone is 2. The molecule has 0 aliphatic heterocycles. The van der Waals surface area contributed by atoms with Crippen LogP contribution in [0.2, 0.25) is 0 Å². The van der Waals surface area contributed by atoms with Gasteiger partial charge in [0.15, 0.2) is 0 Å². The summed E-state index contributed by atoms with van der Waals surface area (Å²) in [6.07, 6.45) is 6.90. The standard InChI is InChI=1S/C19H28BN3O5/c1-6-9-11-22(12-14-27-16(4)10-7-2)19(26)23(18(25)21-8-3)13-15-28-17(24)20-5/h6-9H,2-5,10-15H2,1H3,(H,21,25)/b9-6+. The molecule has 0 spiro atoms. The molecule has 8 nitrogen and oxygen atoms in total. The van der Waals surface area contributed by atoms with Gasteiger partial charge >= 0.3 is 154 Å². The van der Waals surface area contributed by atoms with Crippen LogP contribution in [0.25, 0.3) is 0 Å². The molecule has 9 heteroatoms. The molecular formula is C19H28BN3O5. The number of urea groups is 2. The van der Waals surface area contributed by atoms with Gasteiger partial charge in [0.2, 0.25) is 0 Å². The van der Waals surface area contributed by atoms with Crippen molar-refractivity contribution in [1.82, 2.24) is 15.1 Å². The zero-order chi connectivity index (χ0) is 21.4. The molecule has 0 aliphatic rings. The summed E-state index contributed by atoms with van der Waals surface area (Å²) in [5, 5.41) is 2.35. The molecule has 0 atom stereocenters. The van der Waals surface area contributed by atoms with E-state index in [1.165, 1.54) is 4.90 Å². The van der Waals surface area contributed by atoms with Crippen LogP contribution in [0.15, 0.2) is 49.9 Å². The topological polar surface area (TPSA) is 88.2 Å². The van der Waals surface area contributed by atoms with Gasteiger partial charge in [-0.2, -0.15) is 0 Å². The van der Waals surface area contributed by atoms with Crippen molar-refractivity contribution in [2.24, 2.45) is 0 Å². The summed E-state index contributed by atoms with van der Waals surface area (Å²) in [6, 6.07) is -1.25. The number of amides is 4. The number of hydrogen-bond donors (Lipinski definition) is 1. The minimum absolute atomic E-state index is 0.131. The van der Waals surface area contributed by atoms with Crippen molar-refractivity contribution < 1.29 is 23.9 Å². The Morgan fingerprint density at radius 3 is 2.39 bits per heavy atom. The minimum Gasteiger partial charge on any atom is -0.103 e. The number of nitrogens with zero attached hydrogens (tertiary/aromatic N) is 2. The van der Waals surface area contributed by atoms with Gasteiger partial charge in [-0.15, -0.1) is 6.58 Å². The van der Waals surface area contributed by atoms with Crippen molar-refractivity contribution in [2.45, 2.75) is 13.3 Å². The molecule has 0 saturated carbocycles. The van der Waals surface area contributed by atoms with E-state index in [0.717, 1.165) is 18.0 Å². The maximum atomic E-state index is 12.9.